The van der Waals surface area contributed by atoms with Gasteiger partial charge in [-0.15, -0.1) is 0 Å². The predicted octanol–water partition coefficient (Wildman–Crippen LogP) is 6.48. The quantitative estimate of drug-likeness (QED) is 0.240. The van der Waals surface area contributed by atoms with E-state index in [-0.39, 0.29) is 5.79 Å². The molecule has 0 atom stereocenters. The summed E-state index contributed by atoms with van der Waals surface area (Å²) in [4.78, 5) is 0. The molecule has 2 nitrogen and oxygen atoms in total. The van der Waals surface area contributed by atoms with Crippen LogP contribution in [0.15, 0.2) is 0 Å². The first kappa shape index (κ1) is 20.9. The van der Waals surface area contributed by atoms with Crippen LogP contribution in [0.1, 0.15) is 105 Å². The van der Waals surface area contributed by atoms with Gasteiger partial charge in [-0.05, 0) is 25.7 Å². The molecule has 0 aliphatic heterocycles. The Morgan fingerprint density at radius 1 is 0.524 bits per heavy atom. The molecule has 128 valence electrons. The van der Waals surface area contributed by atoms with E-state index >= 15 is 0 Å². The summed E-state index contributed by atoms with van der Waals surface area (Å²) in [5.41, 5.74) is 0. The van der Waals surface area contributed by atoms with Crippen LogP contribution in [0, 0.1) is 0 Å². The minimum atomic E-state index is -0.298. The first-order valence-electron chi connectivity index (χ1n) is 9.52. The molecular formula is C19H40O2. The van der Waals surface area contributed by atoms with Crippen molar-refractivity contribution in [3.63, 3.8) is 0 Å². The summed E-state index contributed by atoms with van der Waals surface area (Å²) in [5.74, 6) is -0.298. The molecule has 0 aliphatic carbocycles. The lowest BCUT2D eigenvalue weighted by Gasteiger charge is -2.34. The summed E-state index contributed by atoms with van der Waals surface area (Å²) >= 11 is 0. The molecule has 0 heterocycles. The van der Waals surface area contributed by atoms with Gasteiger partial charge in [0.15, 0.2) is 5.79 Å². The molecule has 0 rings (SSSR count). The molecule has 0 saturated carbocycles. The van der Waals surface area contributed by atoms with Gasteiger partial charge in [-0.25, -0.2) is 0 Å². The topological polar surface area (TPSA) is 18.5 Å². The standard InChI is InChI=1S/C19H40O2/c1-5-9-13-17-20-19(15-11-7-3,16-12-8-4)21-18-14-10-6-2/h5-18H2,1-4H3. The Morgan fingerprint density at radius 2 is 0.905 bits per heavy atom. The van der Waals surface area contributed by atoms with Crippen LogP contribution in [0.4, 0.5) is 0 Å². The highest BCUT2D eigenvalue weighted by atomic mass is 16.7. The van der Waals surface area contributed by atoms with Gasteiger partial charge in [0.05, 0.1) is 13.2 Å². The van der Waals surface area contributed by atoms with Crippen LogP contribution < -0.4 is 0 Å². The van der Waals surface area contributed by atoms with Crippen LogP contribution in [0.25, 0.3) is 0 Å². The van der Waals surface area contributed by atoms with Crippen molar-refractivity contribution in [2.24, 2.45) is 0 Å². The van der Waals surface area contributed by atoms with E-state index in [4.69, 9.17) is 9.47 Å². The predicted molar refractivity (Wildman–Crippen MR) is 92.7 cm³/mol. The lowest BCUT2D eigenvalue weighted by molar-refractivity contribution is -0.247. The molecule has 21 heavy (non-hydrogen) atoms. The van der Waals surface area contributed by atoms with E-state index in [1.54, 1.807) is 0 Å². The minimum absolute atomic E-state index is 0.298. The third kappa shape index (κ3) is 11.2. The highest BCUT2D eigenvalue weighted by molar-refractivity contribution is 4.71. The summed E-state index contributed by atoms with van der Waals surface area (Å²) in [6.45, 7) is 10.7. The van der Waals surface area contributed by atoms with Crippen molar-refractivity contribution in [3.05, 3.63) is 0 Å². The number of hydrogen-bond donors (Lipinski definition) is 0. The lowest BCUT2D eigenvalue weighted by atomic mass is 10.0. The fourth-order valence-electron chi connectivity index (χ4n) is 2.57. The summed E-state index contributed by atoms with van der Waals surface area (Å²) in [7, 11) is 0. The average molecular weight is 301 g/mol. The number of ether oxygens (including phenoxy) is 2. The second-order valence-corrected chi connectivity index (χ2v) is 6.23. The molecular weight excluding hydrogens is 260 g/mol. The smallest absolute Gasteiger partial charge is 0.168 e. The Kier molecular flexibility index (Phi) is 14.8. The number of rotatable bonds is 16. The van der Waals surface area contributed by atoms with Gasteiger partial charge in [-0.3, -0.25) is 0 Å². The monoisotopic (exact) mass is 300 g/mol. The summed E-state index contributed by atoms with van der Waals surface area (Å²) in [5, 5.41) is 0. The highest BCUT2D eigenvalue weighted by Gasteiger charge is 2.30. The van der Waals surface area contributed by atoms with Crippen molar-refractivity contribution in [1.29, 1.82) is 0 Å². The third-order valence-electron chi connectivity index (χ3n) is 4.05. The molecule has 0 aromatic heterocycles. The first-order chi connectivity index (χ1) is 10.2. The van der Waals surface area contributed by atoms with Crippen molar-refractivity contribution in [1.82, 2.24) is 0 Å². The zero-order valence-electron chi connectivity index (χ0n) is 15.2. The van der Waals surface area contributed by atoms with Crippen LogP contribution in [0.3, 0.4) is 0 Å². The molecule has 2 heteroatoms. The maximum absolute atomic E-state index is 6.29. The molecule has 0 saturated heterocycles. The Bertz CT molecular complexity index is 182. The van der Waals surface area contributed by atoms with Crippen LogP contribution >= 0.6 is 0 Å². The van der Waals surface area contributed by atoms with Gasteiger partial charge < -0.3 is 9.47 Å². The van der Waals surface area contributed by atoms with Crippen LogP contribution in [0.2, 0.25) is 0 Å². The molecule has 0 aromatic rings. The molecule has 0 unspecified atom stereocenters. The second-order valence-electron chi connectivity index (χ2n) is 6.23. The maximum Gasteiger partial charge on any atom is 0.168 e. The molecule has 0 aliphatic rings. The lowest BCUT2D eigenvalue weighted by Crippen LogP contribution is -2.37. The Labute approximate surface area is 134 Å². The fraction of sp³-hybridized carbons (Fsp3) is 1.00. The van der Waals surface area contributed by atoms with Crippen LogP contribution in [-0.4, -0.2) is 19.0 Å². The maximum atomic E-state index is 6.29. The Morgan fingerprint density at radius 3 is 1.24 bits per heavy atom. The number of unbranched alkanes of at least 4 members (excludes halogenated alkanes) is 6. The molecule has 0 amide bonds. The SMILES string of the molecule is CCCCCOC(CCCC)(CCCC)OCCCCC. The van der Waals surface area contributed by atoms with Gasteiger partial charge in [-0.1, -0.05) is 66.2 Å². The van der Waals surface area contributed by atoms with E-state index in [2.05, 4.69) is 27.7 Å². The molecule has 0 radical (unpaired) electrons. The Hall–Kier alpha value is -0.0800. The first-order valence-corrected chi connectivity index (χ1v) is 9.52. The highest BCUT2D eigenvalue weighted by Crippen LogP contribution is 2.28. The van der Waals surface area contributed by atoms with Crippen molar-refractivity contribution in [3.8, 4) is 0 Å². The van der Waals surface area contributed by atoms with E-state index in [9.17, 15) is 0 Å². The van der Waals surface area contributed by atoms with E-state index < -0.39 is 0 Å². The molecule has 0 spiro atoms. The van der Waals surface area contributed by atoms with Gasteiger partial charge in [-0.2, -0.15) is 0 Å². The molecule has 0 bridgehead atoms. The number of hydrogen-bond acceptors (Lipinski definition) is 2. The van der Waals surface area contributed by atoms with E-state index in [0.29, 0.717) is 0 Å². The molecule has 0 N–H and O–H groups in total. The van der Waals surface area contributed by atoms with Crippen molar-refractivity contribution in [2.75, 3.05) is 13.2 Å². The van der Waals surface area contributed by atoms with Crippen molar-refractivity contribution >= 4 is 0 Å². The van der Waals surface area contributed by atoms with Crippen LogP contribution in [0.5, 0.6) is 0 Å². The largest absolute Gasteiger partial charge is 0.350 e. The van der Waals surface area contributed by atoms with E-state index in [1.165, 1.54) is 51.4 Å². The zero-order chi connectivity index (χ0) is 15.8. The van der Waals surface area contributed by atoms with Crippen LogP contribution in [-0.2, 0) is 9.47 Å². The van der Waals surface area contributed by atoms with E-state index in [1.807, 2.05) is 0 Å². The average Bonchev–Trinajstić information content (AvgIpc) is 2.51. The van der Waals surface area contributed by atoms with Gasteiger partial charge >= 0.3 is 0 Å². The van der Waals surface area contributed by atoms with Crippen molar-refractivity contribution in [2.45, 2.75) is 111 Å². The molecule has 0 fully saturated rings. The van der Waals surface area contributed by atoms with Gasteiger partial charge in [0.25, 0.3) is 0 Å². The summed E-state index contributed by atoms with van der Waals surface area (Å²) < 4.78 is 12.6. The molecule has 0 aromatic carbocycles. The normalized spacial score (nSPS) is 12.0. The van der Waals surface area contributed by atoms with Crippen molar-refractivity contribution < 1.29 is 9.47 Å². The second kappa shape index (κ2) is 14.8. The van der Waals surface area contributed by atoms with Gasteiger partial charge in [0.2, 0.25) is 0 Å². The zero-order valence-corrected chi connectivity index (χ0v) is 15.2. The summed E-state index contributed by atoms with van der Waals surface area (Å²) in [6, 6.07) is 0. The van der Waals surface area contributed by atoms with Gasteiger partial charge in [0, 0.05) is 12.8 Å². The minimum Gasteiger partial charge on any atom is -0.350 e. The third-order valence-corrected chi connectivity index (χ3v) is 4.05. The summed E-state index contributed by atoms with van der Waals surface area (Å²) in [6.07, 6.45) is 14.3. The van der Waals surface area contributed by atoms with E-state index in [0.717, 1.165) is 38.9 Å². The fourth-order valence-corrected chi connectivity index (χ4v) is 2.57. The Balaban J connectivity index is 4.43. The van der Waals surface area contributed by atoms with Gasteiger partial charge in [0.1, 0.15) is 0 Å².